The lowest BCUT2D eigenvalue weighted by Crippen LogP contribution is -2.64. The van der Waals surface area contributed by atoms with Gasteiger partial charge in [-0.05, 0) is 73.2 Å². The Morgan fingerprint density at radius 2 is 1.91 bits per heavy atom. The first-order valence-corrected chi connectivity index (χ1v) is 12.1. The average Bonchev–Trinajstić information content (AvgIpc) is 3.38. The Morgan fingerprint density at radius 1 is 1.15 bits per heavy atom. The lowest BCUT2D eigenvalue weighted by Gasteiger charge is -2.44. The average molecular weight is 478 g/mol. The van der Waals surface area contributed by atoms with Crippen molar-refractivity contribution in [3.8, 4) is 0 Å². The molecule has 0 unspecified atom stereocenters. The van der Waals surface area contributed by atoms with Gasteiger partial charge in [-0.25, -0.2) is 0 Å². The molecular weight excluding hydrogens is 454 g/mol. The number of rotatable bonds is 4. The Bertz CT molecular complexity index is 1390. The number of benzene rings is 2. The predicted octanol–water partition coefficient (Wildman–Crippen LogP) is 5.71. The van der Waals surface area contributed by atoms with Crippen LogP contribution in [0.25, 0.3) is 10.2 Å². The zero-order valence-corrected chi connectivity index (χ0v) is 20.3. The number of amides is 2. The summed E-state index contributed by atoms with van der Waals surface area (Å²) in [6, 6.07) is 17.2. The molecule has 0 fully saturated rings. The van der Waals surface area contributed by atoms with Crippen LogP contribution in [0.4, 0.5) is 5.69 Å². The van der Waals surface area contributed by atoms with Crippen molar-refractivity contribution in [2.24, 2.45) is 0 Å². The van der Waals surface area contributed by atoms with Crippen LogP contribution < -0.4 is 10.2 Å². The maximum Gasteiger partial charge on any atom is 0.275 e. The van der Waals surface area contributed by atoms with Gasteiger partial charge in [0.15, 0.2) is 0 Å². The first kappa shape index (κ1) is 21.7. The number of aryl methyl sites for hydroxylation is 1. The fraction of sp³-hybridized carbons (Fsp3) is 0.231. The van der Waals surface area contributed by atoms with Crippen LogP contribution in [0.2, 0.25) is 5.02 Å². The predicted molar refractivity (Wildman–Crippen MR) is 134 cm³/mol. The van der Waals surface area contributed by atoms with Crippen molar-refractivity contribution in [3.63, 3.8) is 0 Å². The van der Waals surface area contributed by atoms with Crippen LogP contribution in [0.3, 0.4) is 0 Å². The van der Waals surface area contributed by atoms with E-state index >= 15 is 0 Å². The van der Waals surface area contributed by atoms with Gasteiger partial charge in [-0.1, -0.05) is 35.9 Å². The van der Waals surface area contributed by atoms with Crippen molar-refractivity contribution in [2.45, 2.75) is 39.4 Å². The summed E-state index contributed by atoms with van der Waals surface area (Å²) in [7, 11) is 0. The van der Waals surface area contributed by atoms with Crippen LogP contribution in [0, 0.1) is 13.8 Å². The molecule has 0 radical (unpaired) electrons. The quantitative estimate of drug-likeness (QED) is 0.409. The summed E-state index contributed by atoms with van der Waals surface area (Å²) in [4.78, 5) is 30.3. The molecule has 4 aromatic rings. The van der Waals surface area contributed by atoms with Crippen molar-refractivity contribution in [3.05, 3.63) is 87.4 Å². The van der Waals surface area contributed by atoms with E-state index in [0.29, 0.717) is 23.8 Å². The van der Waals surface area contributed by atoms with Gasteiger partial charge in [-0.15, -0.1) is 11.3 Å². The minimum atomic E-state index is -1.11. The van der Waals surface area contributed by atoms with Crippen molar-refractivity contribution in [2.75, 3.05) is 4.90 Å². The minimum absolute atomic E-state index is 0.164. The molecule has 5 nitrogen and oxygen atoms in total. The third-order valence-electron chi connectivity index (χ3n) is 6.56. The van der Waals surface area contributed by atoms with Gasteiger partial charge in [0, 0.05) is 22.6 Å². The number of nitrogens with zero attached hydrogens (tertiary/aromatic N) is 2. The second-order valence-electron chi connectivity index (χ2n) is 8.74. The van der Waals surface area contributed by atoms with Crippen molar-refractivity contribution >= 4 is 50.7 Å². The van der Waals surface area contributed by atoms with Gasteiger partial charge in [-0.2, -0.15) is 0 Å². The molecule has 0 aliphatic carbocycles. The van der Waals surface area contributed by atoms with Gasteiger partial charge < -0.3 is 9.88 Å². The summed E-state index contributed by atoms with van der Waals surface area (Å²) in [6.45, 7) is 6.59. The lowest BCUT2D eigenvalue weighted by molar-refractivity contribution is -0.126. The molecule has 2 aromatic heterocycles. The van der Waals surface area contributed by atoms with E-state index < -0.39 is 5.54 Å². The molecule has 5 rings (SSSR count). The van der Waals surface area contributed by atoms with Crippen LogP contribution in [0.5, 0.6) is 0 Å². The number of hydrogen-bond acceptors (Lipinski definition) is 3. The van der Waals surface area contributed by atoms with Crippen molar-refractivity contribution < 1.29 is 9.59 Å². The van der Waals surface area contributed by atoms with Gasteiger partial charge in [0.05, 0.1) is 6.54 Å². The second-order valence-corrected chi connectivity index (χ2v) is 10.1. The molecule has 2 aromatic carbocycles. The first-order chi connectivity index (χ1) is 15.8. The number of nitrogens with one attached hydrogen (secondary N) is 1. The van der Waals surface area contributed by atoms with E-state index in [-0.39, 0.29) is 11.8 Å². The molecule has 33 heavy (non-hydrogen) atoms. The first-order valence-electron chi connectivity index (χ1n) is 10.8. The SMILES string of the molecule is Cc1cccc(N2C(=O)c3cc4ccsc4n3C[C@]2(C)C(=O)NCc2ccc(Cl)cc2)c1C. The van der Waals surface area contributed by atoms with E-state index in [1.807, 2.05) is 73.2 Å². The van der Waals surface area contributed by atoms with Crippen LogP contribution in [-0.2, 0) is 17.9 Å². The van der Waals surface area contributed by atoms with Crippen LogP contribution in [0.15, 0.2) is 60.0 Å². The highest BCUT2D eigenvalue weighted by atomic mass is 35.5. The van der Waals surface area contributed by atoms with Gasteiger partial charge in [-0.3, -0.25) is 14.5 Å². The molecule has 0 saturated heterocycles. The van der Waals surface area contributed by atoms with Gasteiger partial charge in [0.1, 0.15) is 16.1 Å². The van der Waals surface area contributed by atoms with Crippen molar-refractivity contribution in [1.82, 2.24) is 9.88 Å². The topological polar surface area (TPSA) is 54.3 Å². The maximum atomic E-state index is 13.9. The number of halogens is 1. The number of fused-ring (bicyclic) bond motifs is 3. The summed E-state index contributed by atoms with van der Waals surface area (Å²) < 4.78 is 1.99. The van der Waals surface area contributed by atoms with E-state index in [2.05, 4.69) is 5.32 Å². The number of anilines is 1. The molecule has 3 heterocycles. The summed E-state index contributed by atoms with van der Waals surface area (Å²) in [5.41, 5.74) is 3.28. The normalized spacial score (nSPS) is 17.9. The van der Waals surface area contributed by atoms with Gasteiger partial charge in [0.2, 0.25) is 5.91 Å². The Balaban J connectivity index is 1.58. The zero-order chi connectivity index (χ0) is 23.3. The van der Waals surface area contributed by atoms with Crippen LogP contribution in [-0.4, -0.2) is 21.9 Å². The number of carbonyl (C=O) groups is 2. The molecule has 0 bridgehead atoms. The number of aromatic nitrogens is 1. The van der Waals surface area contributed by atoms with E-state index in [1.165, 1.54) is 0 Å². The summed E-state index contributed by atoms with van der Waals surface area (Å²) >= 11 is 7.58. The Hall–Kier alpha value is -3.09. The molecule has 0 spiro atoms. The van der Waals surface area contributed by atoms with Crippen LogP contribution >= 0.6 is 22.9 Å². The Labute approximate surface area is 201 Å². The molecule has 2 amide bonds. The van der Waals surface area contributed by atoms with Crippen LogP contribution in [0.1, 0.15) is 34.1 Å². The molecule has 168 valence electrons. The summed E-state index contributed by atoms with van der Waals surface area (Å²) in [6.07, 6.45) is 0. The monoisotopic (exact) mass is 477 g/mol. The number of carbonyl (C=O) groups excluding carboxylic acids is 2. The molecule has 1 N–H and O–H groups in total. The third kappa shape index (κ3) is 3.54. The Kier molecular flexibility index (Phi) is 5.30. The van der Waals surface area contributed by atoms with Gasteiger partial charge in [0.25, 0.3) is 5.91 Å². The standard InChI is InChI=1S/C26H24ClN3O2S/c1-16-5-4-6-21(17(16)2)30-23(31)22-13-19-11-12-33-24(19)29(22)15-26(30,3)25(32)28-14-18-7-9-20(27)10-8-18/h4-13H,14-15H2,1-3H3,(H,28,32)/t26-/m1/s1. The summed E-state index contributed by atoms with van der Waals surface area (Å²) in [5.74, 6) is -0.363. The lowest BCUT2D eigenvalue weighted by atomic mass is 9.92. The molecule has 1 aliphatic heterocycles. The van der Waals surface area contributed by atoms with Crippen molar-refractivity contribution in [1.29, 1.82) is 0 Å². The van der Waals surface area contributed by atoms with E-state index in [4.69, 9.17) is 11.6 Å². The maximum absolute atomic E-state index is 13.9. The van der Waals surface area contributed by atoms with E-state index in [0.717, 1.165) is 32.6 Å². The smallest absolute Gasteiger partial charge is 0.275 e. The fourth-order valence-electron chi connectivity index (χ4n) is 4.53. The molecule has 1 atom stereocenters. The number of thiophene rings is 1. The zero-order valence-electron chi connectivity index (χ0n) is 18.7. The highest BCUT2D eigenvalue weighted by Gasteiger charge is 2.49. The highest BCUT2D eigenvalue weighted by Crippen LogP contribution is 2.39. The largest absolute Gasteiger partial charge is 0.350 e. The Morgan fingerprint density at radius 3 is 2.67 bits per heavy atom. The van der Waals surface area contributed by atoms with E-state index in [1.54, 1.807) is 28.4 Å². The molecular formula is C26H24ClN3O2S. The van der Waals surface area contributed by atoms with E-state index in [9.17, 15) is 9.59 Å². The van der Waals surface area contributed by atoms with Gasteiger partial charge >= 0.3 is 0 Å². The number of hydrogen-bond donors (Lipinski definition) is 1. The molecule has 0 saturated carbocycles. The second kappa shape index (κ2) is 8.04. The molecule has 1 aliphatic rings. The fourth-order valence-corrected chi connectivity index (χ4v) is 5.55. The third-order valence-corrected chi connectivity index (χ3v) is 7.76. The minimum Gasteiger partial charge on any atom is -0.350 e. The highest BCUT2D eigenvalue weighted by molar-refractivity contribution is 7.16. The molecule has 7 heteroatoms. The summed E-state index contributed by atoms with van der Waals surface area (Å²) in [5, 5.41) is 6.75.